The zero-order valence-electron chi connectivity index (χ0n) is 4.87. The Morgan fingerprint density at radius 3 is 2.00 bits per heavy atom. The Labute approximate surface area is 65.7 Å². The Morgan fingerprint density at radius 2 is 1.89 bits per heavy atom. The molecule has 0 aromatic heterocycles. The van der Waals surface area contributed by atoms with Crippen LogP contribution in [0.2, 0.25) is 0 Å². The van der Waals surface area contributed by atoms with Crippen LogP contribution in [0, 0.1) is 0 Å². The molecule has 0 aromatic rings. The van der Waals surface area contributed by atoms with Crippen molar-refractivity contribution < 1.29 is 13.2 Å². The second kappa shape index (κ2) is 3.60. The summed E-state index contributed by atoms with van der Waals surface area (Å²) in [7, 11) is 0. The Kier molecular flexibility index (Phi) is 3.79. The van der Waals surface area contributed by atoms with Crippen molar-refractivity contribution in [2.75, 3.05) is 13.1 Å². The van der Waals surface area contributed by atoms with Gasteiger partial charge >= 0.3 is 6.18 Å². The molecule has 9 heavy (non-hydrogen) atoms. The van der Waals surface area contributed by atoms with E-state index in [9.17, 15) is 13.2 Å². The highest BCUT2D eigenvalue weighted by atomic mass is 127. The van der Waals surface area contributed by atoms with Gasteiger partial charge in [0.15, 0.2) is 0 Å². The highest BCUT2D eigenvalue weighted by Crippen LogP contribution is 2.17. The molecular weight excluding hydrogens is 246 g/mol. The Hall–Kier alpha value is 0.480. The van der Waals surface area contributed by atoms with Crippen molar-refractivity contribution in [2.45, 2.75) is 13.1 Å². The highest BCUT2D eigenvalue weighted by molar-refractivity contribution is 14.1. The number of halogens is 4. The van der Waals surface area contributed by atoms with Gasteiger partial charge in [-0.2, -0.15) is 13.2 Å². The van der Waals surface area contributed by atoms with Crippen LogP contribution in [0.25, 0.3) is 0 Å². The maximum Gasteiger partial charge on any atom is 0.402 e. The topological polar surface area (TPSA) is 3.24 Å². The molecule has 5 heteroatoms. The third-order valence-electron chi connectivity index (χ3n) is 0.694. The van der Waals surface area contributed by atoms with Gasteiger partial charge in [0, 0.05) is 29.4 Å². The molecule has 1 nitrogen and oxygen atoms in total. The van der Waals surface area contributed by atoms with Gasteiger partial charge in [-0.3, -0.25) is 0 Å². The van der Waals surface area contributed by atoms with Crippen molar-refractivity contribution in [1.82, 2.24) is 3.11 Å². The van der Waals surface area contributed by atoms with Crippen LogP contribution in [-0.2, 0) is 0 Å². The molecule has 0 atom stereocenters. The summed E-state index contributed by atoms with van der Waals surface area (Å²) in [6, 6.07) is 0. The van der Waals surface area contributed by atoms with Gasteiger partial charge in [-0.15, -0.1) is 0 Å². The maximum absolute atomic E-state index is 11.4. The minimum Gasteiger partial charge on any atom is -0.239 e. The summed E-state index contributed by atoms with van der Waals surface area (Å²) in [6.07, 6.45) is -4.06. The number of alkyl halides is 3. The monoisotopic (exact) mass is 253 g/mol. The fourth-order valence-electron chi connectivity index (χ4n) is 0.306. The van der Waals surface area contributed by atoms with E-state index in [-0.39, 0.29) is 0 Å². The predicted molar refractivity (Wildman–Crippen MR) is 37.3 cm³/mol. The molecular formula is C4H7F3IN. The molecule has 0 rings (SSSR count). The van der Waals surface area contributed by atoms with Crippen LogP contribution >= 0.6 is 22.9 Å². The van der Waals surface area contributed by atoms with Gasteiger partial charge in [0.25, 0.3) is 0 Å². The first kappa shape index (κ1) is 9.48. The summed E-state index contributed by atoms with van der Waals surface area (Å²) in [6.45, 7) is 1.27. The summed E-state index contributed by atoms with van der Waals surface area (Å²) in [5.41, 5.74) is 0. The zero-order valence-corrected chi connectivity index (χ0v) is 7.03. The standard InChI is InChI=1S/C4H7F3IN/c1-2-9(8)3-4(5,6)7/h2-3H2,1H3. The van der Waals surface area contributed by atoms with E-state index in [0.29, 0.717) is 6.54 Å². The lowest BCUT2D eigenvalue weighted by Crippen LogP contribution is -2.26. The van der Waals surface area contributed by atoms with Gasteiger partial charge in [-0.1, -0.05) is 6.92 Å². The molecule has 0 heterocycles. The van der Waals surface area contributed by atoms with Gasteiger partial charge in [0.2, 0.25) is 0 Å². The molecule has 0 spiro atoms. The summed E-state index contributed by atoms with van der Waals surface area (Å²) >= 11 is 1.64. The normalized spacial score (nSPS) is 12.7. The molecule has 0 aliphatic carbocycles. The van der Waals surface area contributed by atoms with Gasteiger partial charge in [0.1, 0.15) is 6.54 Å². The van der Waals surface area contributed by atoms with E-state index in [1.807, 2.05) is 0 Å². The van der Waals surface area contributed by atoms with Crippen LogP contribution in [0.4, 0.5) is 13.2 Å². The molecule has 0 amide bonds. The van der Waals surface area contributed by atoms with Gasteiger partial charge < -0.3 is 0 Å². The summed E-state index contributed by atoms with van der Waals surface area (Å²) in [5.74, 6) is 0. The average molecular weight is 253 g/mol. The molecule has 0 radical (unpaired) electrons. The average Bonchev–Trinajstić information content (AvgIpc) is 1.62. The number of rotatable bonds is 2. The first-order valence-corrected chi connectivity index (χ1v) is 3.39. The van der Waals surface area contributed by atoms with Crippen molar-refractivity contribution in [1.29, 1.82) is 0 Å². The lowest BCUT2D eigenvalue weighted by atomic mass is 10.6. The molecule has 0 aliphatic rings. The molecule has 0 saturated heterocycles. The van der Waals surface area contributed by atoms with Crippen LogP contribution in [0.15, 0.2) is 0 Å². The first-order valence-electron chi connectivity index (χ1n) is 2.43. The minimum atomic E-state index is -4.06. The van der Waals surface area contributed by atoms with Gasteiger partial charge in [0.05, 0.1) is 0 Å². The van der Waals surface area contributed by atoms with E-state index >= 15 is 0 Å². The summed E-state index contributed by atoms with van der Waals surface area (Å²) in [5, 5.41) is 0. The third kappa shape index (κ3) is 6.36. The van der Waals surface area contributed by atoms with E-state index in [4.69, 9.17) is 0 Å². The van der Waals surface area contributed by atoms with Gasteiger partial charge in [-0.25, -0.2) is 3.11 Å². The highest BCUT2D eigenvalue weighted by Gasteiger charge is 2.28. The second-order valence-electron chi connectivity index (χ2n) is 1.55. The molecule has 0 unspecified atom stereocenters. The fourth-order valence-corrected chi connectivity index (χ4v) is 0.693. The van der Waals surface area contributed by atoms with E-state index < -0.39 is 12.7 Å². The second-order valence-corrected chi connectivity index (χ2v) is 2.92. The molecule has 0 fully saturated rings. The van der Waals surface area contributed by atoms with Crippen LogP contribution in [-0.4, -0.2) is 22.4 Å². The van der Waals surface area contributed by atoms with Crippen molar-refractivity contribution >= 4 is 22.9 Å². The lowest BCUT2D eigenvalue weighted by molar-refractivity contribution is -0.132. The molecule has 56 valence electrons. The summed E-state index contributed by atoms with van der Waals surface area (Å²) in [4.78, 5) is 0. The Morgan fingerprint density at radius 1 is 1.44 bits per heavy atom. The van der Waals surface area contributed by atoms with Crippen molar-refractivity contribution in [3.63, 3.8) is 0 Å². The fraction of sp³-hybridized carbons (Fsp3) is 1.00. The van der Waals surface area contributed by atoms with Crippen LogP contribution in [0.3, 0.4) is 0 Å². The third-order valence-corrected chi connectivity index (χ3v) is 1.72. The predicted octanol–water partition coefficient (Wildman–Crippen LogP) is 2.22. The van der Waals surface area contributed by atoms with Crippen molar-refractivity contribution in [3.8, 4) is 0 Å². The molecule has 0 bridgehead atoms. The largest absolute Gasteiger partial charge is 0.402 e. The van der Waals surface area contributed by atoms with Gasteiger partial charge in [-0.05, 0) is 0 Å². The first-order chi connectivity index (χ1) is 3.95. The Bertz CT molecular complexity index is 82.4. The van der Waals surface area contributed by atoms with E-state index in [1.165, 1.54) is 3.11 Å². The Balaban J connectivity index is 3.47. The molecule has 0 aromatic carbocycles. The zero-order chi connectivity index (χ0) is 7.49. The maximum atomic E-state index is 11.4. The summed E-state index contributed by atoms with van der Waals surface area (Å²) < 4.78 is 35.5. The number of hydrogen-bond donors (Lipinski definition) is 0. The van der Waals surface area contributed by atoms with Crippen LogP contribution in [0.1, 0.15) is 6.92 Å². The van der Waals surface area contributed by atoms with Crippen LogP contribution in [0.5, 0.6) is 0 Å². The quantitative estimate of drug-likeness (QED) is 0.538. The van der Waals surface area contributed by atoms with E-state index in [0.717, 1.165) is 0 Å². The lowest BCUT2D eigenvalue weighted by Gasteiger charge is -2.13. The molecule has 0 aliphatic heterocycles. The van der Waals surface area contributed by atoms with Crippen molar-refractivity contribution in [3.05, 3.63) is 0 Å². The SMILES string of the molecule is CCN(I)CC(F)(F)F. The number of nitrogens with zero attached hydrogens (tertiary/aromatic N) is 1. The van der Waals surface area contributed by atoms with Crippen molar-refractivity contribution in [2.24, 2.45) is 0 Å². The smallest absolute Gasteiger partial charge is 0.239 e. The van der Waals surface area contributed by atoms with Crippen LogP contribution < -0.4 is 0 Å². The number of hydrogen-bond acceptors (Lipinski definition) is 1. The van der Waals surface area contributed by atoms with E-state index in [1.54, 1.807) is 29.8 Å². The van der Waals surface area contributed by atoms with E-state index in [2.05, 4.69) is 0 Å². The molecule has 0 saturated carbocycles. The minimum absolute atomic E-state index is 0.417. The molecule has 0 N–H and O–H groups in total.